The molecule has 19 heavy (non-hydrogen) atoms. The molecule has 0 fully saturated rings. The molecular weight excluding hydrogens is 282 g/mol. The van der Waals surface area contributed by atoms with Crippen LogP contribution in [-0.4, -0.2) is 32.2 Å². The number of rotatable bonds is 9. The molecule has 0 saturated carbocycles. The lowest BCUT2D eigenvalue weighted by atomic mass is 10.3. The highest BCUT2D eigenvalue weighted by atomic mass is 32.2. The first-order chi connectivity index (χ1) is 8.98. The Kier molecular flexibility index (Phi) is 6.74. The van der Waals surface area contributed by atoms with E-state index in [-0.39, 0.29) is 5.75 Å². The maximum Gasteiger partial charge on any atom is 0.234 e. The second kappa shape index (κ2) is 7.81. The number of unbranched alkanes of at least 4 members (excludes halogenated alkanes) is 1. The van der Waals surface area contributed by atoms with Gasteiger partial charge in [-0.15, -0.1) is 11.3 Å². The molecular formula is C12H23N3O2S2. The summed E-state index contributed by atoms with van der Waals surface area (Å²) in [7, 11) is -3.26. The smallest absolute Gasteiger partial charge is 0.234 e. The highest BCUT2D eigenvalue weighted by Gasteiger charge is 2.14. The van der Waals surface area contributed by atoms with Crippen molar-refractivity contribution in [3.63, 3.8) is 0 Å². The number of hydrogen-bond donors (Lipinski definition) is 2. The summed E-state index contributed by atoms with van der Waals surface area (Å²) >= 11 is 1.40. The van der Waals surface area contributed by atoms with E-state index in [4.69, 9.17) is 0 Å². The average molecular weight is 305 g/mol. The van der Waals surface area contributed by atoms with Crippen LogP contribution in [0.2, 0.25) is 0 Å². The van der Waals surface area contributed by atoms with Gasteiger partial charge in [-0.3, -0.25) is 4.72 Å². The van der Waals surface area contributed by atoms with Crippen LogP contribution in [0.5, 0.6) is 0 Å². The summed E-state index contributed by atoms with van der Waals surface area (Å²) in [5.74, 6) is 0.151. The molecule has 1 aromatic rings. The van der Waals surface area contributed by atoms with Crippen LogP contribution in [0, 0.1) is 6.92 Å². The van der Waals surface area contributed by atoms with Crippen LogP contribution in [0.25, 0.3) is 0 Å². The zero-order chi connectivity index (χ0) is 14.3. The van der Waals surface area contributed by atoms with Gasteiger partial charge in [0.2, 0.25) is 10.0 Å². The highest BCUT2D eigenvalue weighted by molar-refractivity contribution is 7.92. The molecule has 0 bridgehead atoms. The summed E-state index contributed by atoms with van der Waals surface area (Å²) < 4.78 is 26.3. The Morgan fingerprint density at radius 1 is 1.26 bits per heavy atom. The Morgan fingerprint density at radius 3 is 2.58 bits per heavy atom. The van der Waals surface area contributed by atoms with Gasteiger partial charge in [0.1, 0.15) is 0 Å². The predicted molar refractivity (Wildman–Crippen MR) is 81.4 cm³/mol. The van der Waals surface area contributed by atoms with Crippen LogP contribution in [0.4, 0.5) is 5.13 Å². The number of hydrogen-bond acceptors (Lipinski definition) is 5. The molecule has 0 atom stereocenters. The number of aromatic nitrogens is 1. The summed E-state index contributed by atoms with van der Waals surface area (Å²) in [6.07, 6.45) is 2.35. The van der Waals surface area contributed by atoms with Gasteiger partial charge in [-0.2, -0.15) is 0 Å². The topological polar surface area (TPSA) is 71.1 Å². The summed E-state index contributed by atoms with van der Waals surface area (Å²) in [5.41, 5.74) is 0.967. The first kappa shape index (κ1) is 16.4. The van der Waals surface area contributed by atoms with Crippen molar-refractivity contribution in [3.05, 3.63) is 10.6 Å². The number of anilines is 1. The van der Waals surface area contributed by atoms with E-state index in [2.05, 4.69) is 15.0 Å². The first-order valence-electron chi connectivity index (χ1n) is 6.66. The molecule has 0 unspecified atom stereocenters. The van der Waals surface area contributed by atoms with Gasteiger partial charge in [0.05, 0.1) is 11.4 Å². The van der Waals surface area contributed by atoms with Crippen LogP contribution >= 0.6 is 11.3 Å². The summed E-state index contributed by atoms with van der Waals surface area (Å²) in [6, 6.07) is 0. The monoisotopic (exact) mass is 305 g/mol. The molecule has 0 aliphatic rings. The molecule has 0 spiro atoms. The predicted octanol–water partition coefficient (Wildman–Crippen LogP) is 2.15. The lowest BCUT2D eigenvalue weighted by Crippen LogP contribution is -2.19. The van der Waals surface area contributed by atoms with Gasteiger partial charge in [-0.25, -0.2) is 13.4 Å². The normalized spacial score (nSPS) is 11.7. The van der Waals surface area contributed by atoms with E-state index in [0.29, 0.717) is 11.6 Å². The molecule has 1 aromatic heterocycles. The van der Waals surface area contributed by atoms with Gasteiger partial charge in [0.25, 0.3) is 0 Å². The largest absolute Gasteiger partial charge is 0.317 e. The summed E-state index contributed by atoms with van der Waals surface area (Å²) in [4.78, 5) is 5.36. The molecule has 0 aliphatic heterocycles. The minimum atomic E-state index is -3.26. The standard InChI is InChI=1S/C12H23N3O2S2/c1-4-11-10(3)18-12(14-11)15-19(16,17)9-7-6-8-13-5-2/h13H,4-9H2,1-3H3,(H,14,15). The van der Waals surface area contributed by atoms with E-state index in [0.717, 1.165) is 36.5 Å². The molecule has 1 heterocycles. The average Bonchev–Trinajstić information content (AvgIpc) is 2.68. The second-order valence-electron chi connectivity index (χ2n) is 4.36. The lowest BCUT2D eigenvalue weighted by molar-refractivity contribution is 0.593. The Balaban J connectivity index is 2.45. The van der Waals surface area contributed by atoms with E-state index in [1.54, 1.807) is 0 Å². The summed E-state index contributed by atoms with van der Waals surface area (Å²) in [5, 5.41) is 3.66. The van der Waals surface area contributed by atoms with Gasteiger partial charge in [0.15, 0.2) is 5.13 Å². The Hall–Kier alpha value is -0.660. The van der Waals surface area contributed by atoms with Crippen LogP contribution in [0.1, 0.15) is 37.3 Å². The first-order valence-corrected chi connectivity index (χ1v) is 9.13. The fourth-order valence-corrected chi connectivity index (χ4v) is 4.00. The van der Waals surface area contributed by atoms with Crippen LogP contribution in [0.3, 0.4) is 0 Å². The molecule has 7 heteroatoms. The number of aryl methyl sites for hydroxylation is 2. The summed E-state index contributed by atoms with van der Waals surface area (Å²) in [6.45, 7) is 7.80. The van der Waals surface area contributed by atoms with Crippen LogP contribution in [0.15, 0.2) is 0 Å². The molecule has 0 amide bonds. The number of nitrogens with one attached hydrogen (secondary N) is 2. The minimum absolute atomic E-state index is 0.151. The van der Waals surface area contributed by atoms with Crippen LogP contribution in [-0.2, 0) is 16.4 Å². The highest BCUT2D eigenvalue weighted by Crippen LogP contribution is 2.23. The molecule has 110 valence electrons. The fraction of sp³-hybridized carbons (Fsp3) is 0.750. The van der Waals surface area contributed by atoms with E-state index in [1.165, 1.54) is 11.3 Å². The fourth-order valence-electron chi connectivity index (χ4n) is 1.70. The van der Waals surface area contributed by atoms with Gasteiger partial charge in [-0.1, -0.05) is 13.8 Å². The van der Waals surface area contributed by atoms with E-state index in [9.17, 15) is 8.42 Å². The molecule has 0 saturated heterocycles. The van der Waals surface area contributed by atoms with Crippen molar-refractivity contribution in [3.8, 4) is 0 Å². The number of thiazole rings is 1. The van der Waals surface area contributed by atoms with Crippen molar-refractivity contribution in [2.45, 2.75) is 40.0 Å². The number of nitrogens with zero attached hydrogens (tertiary/aromatic N) is 1. The lowest BCUT2D eigenvalue weighted by Gasteiger charge is -2.05. The van der Waals surface area contributed by atoms with E-state index < -0.39 is 10.0 Å². The SMILES string of the molecule is CCNCCCCS(=O)(=O)Nc1nc(CC)c(C)s1. The Morgan fingerprint density at radius 2 is 2.00 bits per heavy atom. The van der Waals surface area contributed by atoms with Gasteiger partial charge >= 0.3 is 0 Å². The molecule has 0 radical (unpaired) electrons. The van der Waals surface area contributed by atoms with Gasteiger partial charge in [0, 0.05) is 4.88 Å². The Bertz CT molecular complexity index is 483. The maximum atomic E-state index is 11.9. The molecule has 2 N–H and O–H groups in total. The number of sulfonamides is 1. The van der Waals surface area contributed by atoms with Crippen molar-refractivity contribution in [2.24, 2.45) is 0 Å². The third-order valence-corrected chi connectivity index (χ3v) is 5.13. The third kappa shape index (κ3) is 5.88. The maximum absolute atomic E-state index is 11.9. The molecule has 1 rings (SSSR count). The van der Waals surface area contributed by atoms with Gasteiger partial charge in [-0.05, 0) is 39.3 Å². The second-order valence-corrected chi connectivity index (χ2v) is 7.40. The Labute approximate surface area is 119 Å². The molecule has 0 aliphatic carbocycles. The third-order valence-electron chi connectivity index (χ3n) is 2.74. The van der Waals surface area contributed by atoms with Crippen molar-refractivity contribution >= 4 is 26.5 Å². The van der Waals surface area contributed by atoms with E-state index >= 15 is 0 Å². The van der Waals surface area contributed by atoms with Crippen molar-refractivity contribution in [1.82, 2.24) is 10.3 Å². The van der Waals surface area contributed by atoms with E-state index in [1.807, 2.05) is 20.8 Å². The van der Waals surface area contributed by atoms with Gasteiger partial charge < -0.3 is 5.32 Å². The van der Waals surface area contributed by atoms with Crippen molar-refractivity contribution in [1.29, 1.82) is 0 Å². The molecule has 0 aromatic carbocycles. The minimum Gasteiger partial charge on any atom is -0.317 e. The van der Waals surface area contributed by atoms with Crippen molar-refractivity contribution < 1.29 is 8.42 Å². The zero-order valence-corrected chi connectivity index (χ0v) is 13.5. The quantitative estimate of drug-likeness (QED) is 0.686. The van der Waals surface area contributed by atoms with Crippen LogP contribution < -0.4 is 10.0 Å². The van der Waals surface area contributed by atoms with Crippen molar-refractivity contribution in [2.75, 3.05) is 23.6 Å². The zero-order valence-electron chi connectivity index (χ0n) is 11.8. The molecule has 5 nitrogen and oxygen atoms in total.